The smallest absolute Gasteiger partial charge is 0.151 e. The van der Waals surface area contributed by atoms with E-state index in [0.717, 1.165) is 31.5 Å². The molecule has 1 aromatic rings. The zero-order valence-electron chi connectivity index (χ0n) is 10.4. The molecule has 0 aromatic heterocycles. The summed E-state index contributed by atoms with van der Waals surface area (Å²) in [5.74, 6) is -0.0895. The minimum Gasteiger partial charge on any atom is -0.328 e. The molecule has 1 saturated heterocycles. The van der Waals surface area contributed by atoms with Crippen LogP contribution in [-0.4, -0.2) is 36.4 Å². The number of piperidine rings is 1. The van der Waals surface area contributed by atoms with Crippen molar-refractivity contribution >= 4 is 5.78 Å². The van der Waals surface area contributed by atoms with Crippen molar-refractivity contribution in [3.05, 3.63) is 35.6 Å². The van der Waals surface area contributed by atoms with E-state index in [4.69, 9.17) is 5.73 Å². The molecule has 1 aliphatic rings. The molecule has 0 spiro atoms. The van der Waals surface area contributed by atoms with Crippen molar-refractivity contribution in [1.29, 1.82) is 0 Å². The highest BCUT2D eigenvalue weighted by atomic mass is 19.1. The van der Waals surface area contributed by atoms with E-state index in [2.05, 4.69) is 4.90 Å². The molecule has 0 aliphatic carbocycles. The van der Waals surface area contributed by atoms with Gasteiger partial charge in [-0.3, -0.25) is 9.69 Å². The fourth-order valence-corrected chi connectivity index (χ4v) is 2.25. The summed E-state index contributed by atoms with van der Waals surface area (Å²) in [6, 6.07) is 6.40. The van der Waals surface area contributed by atoms with Crippen molar-refractivity contribution in [2.75, 3.05) is 19.6 Å². The topological polar surface area (TPSA) is 46.3 Å². The maximum Gasteiger partial charge on any atom is 0.151 e. The number of carbonyl (C=O) groups is 1. The lowest BCUT2D eigenvalue weighted by Crippen LogP contribution is -2.42. The van der Waals surface area contributed by atoms with E-state index in [0.29, 0.717) is 13.0 Å². The number of hydrogen-bond donors (Lipinski definition) is 1. The van der Waals surface area contributed by atoms with Gasteiger partial charge in [0.15, 0.2) is 5.78 Å². The predicted octanol–water partition coefficient (Wildman–Crippen LogP) is 1.36. The highest BCUT2D eigenvalue weighted by Gasteiger charge is 2.18. The first-order chi connectivity index (χ1) is 8.63. The minimum atomic E-state index is -0.267. The van der Waals surface area contributed by atoms with Crippen LogP contribution in [0.4, 0.5) is 4.39 Å². The highest BCUT2D eigenvalue weighted by Crippen LogP contribution is 2.09. The Hall–Kier alpha value is -1.26. The van der Waals surface area contributed by atoms with Gasteiger partial charge < -0.3 is 5.73 Å². The molecule has 18 heavy (non-hydrogen) atoms. The summed E-state index contributed by atoms with van der Waals surface area (Å²) >= 11 is 0. The second-order valence-corrected chi connectivity index (χ2v) is 4.96. The van der Waals surface area contributed by atoms with Crippen LogP contribution in [0.15, 0.2) is 24.3 Å². The van der Waals surface area contributed by atoms with Gasteiger partial charge in [-0.1, -0.05) is 12.1 Å². The van der Waals surface area contributed by atoms with Gasteiger partial charge in [-0.25, -0.2) is 4.39 Å². The van der Waals surface area contributed by atoms with Gasteiger partial charge >= 0.3 is 0 Å². The van der Waals surface area contributed by atoms with Crippen molar-refractivity contribution < 1.29 is 9.18 Å². The van der Waals surface area contributed by atoms with E-state index in [1.165, 1.54) is 12.1 Å². The summed E-state index contributed by atoms with van der Waals surface area (Å²) in [6.45, 7) is 2.27. The molecule has 3 nitrogen and oxygen atoms in total. The third-order valence-corrected chi connectivity index (χ3v) is 3.35. The highest BCUT2D eigenvalue weighted by molar-refractivity contribution is 5.82. The molecule has 1 aliphatic heterocycles. The zero-order valence-corrected chi connectivity index (χ0v) is 10.4. The summed E-state index contributed by atoms with van der Waals surface area (Å²) in [5.41, 5.74) is 6.69. The lowest BCUT2D eigenvalue weighted by atomic mass is 10.0. The summed E-state index contributed by atoms with van der Waals surface area (Å²) in [6.07, 6.45) is 2.30. The molecule has 0 saturated carbocycles. The Morgan fingerprint density at radius 2 is 1.89 bits per heavy atom. The number of nitrogens with two attached hydrogens (primary N) is 1. The van der Waals surface area contributed by atoms with Crippen molar-refractivity contribution in [3.8, 4) is 0 Å². The lowest BCUT2D eigenvalue weighted by molar-refractivity contribution is -0.119. The molecule has 1 heterocycles. The van der Waals surface area contributed by atoms with Crippen LogP contribution in [0.3, 0.4) is 0 Å². The van der Waals surface area contributed by atoms with E-state index in [9.17, 15) is 9.18 Å². The van der Waals surface area contributed by atoms with Gasteiger partial charge in [0.05, 0.1) is 6.54 Å². The van der Waals surface area contributed by atoms with Crippen LogP contribution in [0.2, 0.25) is 0 Å². The van der Waals surface area contributed by atoms with Crippen molar-refractivity contribution in [1.82, 2.24) is 4.90 Å². The Balaban J connectivity index is 1.80. The maximum atomic E-state index is 12.7. The van der Waals surface area contributed by atoms with Crippen LogP contribution in [0.5, 0.6) is 0 Å². The molecule has 98 valence electrons. The lowest BCUT2D eigenvalue weighted by Gasteiger charge is -2.29. The number of nitrogens with zero attached hydrogens (tertiary/aromatic N) is 1. The Labute approximate surface area is 107 Å². The molecule has 0 atom stereocenters. The molecule has 0 amide bonds. The van der Waals surface area contributed by atoms with Crippen molar-refractivity contribution in [3.63, 3.8) is 0 Å². The second kappa shape index (κ2) is 6.07. The largest absolute Gasteiger partial charge is 0.328 e. The number of benzene rings is 1. The standard InChI is InChI=1S/C14H19FN2O/c15-12-3-1-11(2-4-12)9-14(18)10-17-7-5-13(16)6-8-17/h1-4,13H,5-10,16H2. The van der Waals surface area contributed by atoms with Gasteiger partial charge in [0.1, 0.15) is 5.82 Å². The number of halogens is 1. The molecular weight excluding hydrogens is 231 g/mol. The minimum absolute atomic E-state index is 0.178. The van der Waals surface area contributed by atoms with Crippen LogP contribution >= 0.6 is 0 Å². The quantitative estimate of drug-likeness (QED) is 0.877. The van der Waals surface area contributed by atoms with Crippen LogP contribution in [0.25, 0.3) is 0 Å². The molecule has 0 unspecified atom stereocenters. The fraction of sp³-hybridized carbons (Fsp3) is 0.500. The molecular formula is C14H19FN2O. The monoisotopic (exact) mass is 250 g/mol. The van der Waals surface area contributed by atoms with E-state index < -0.39 is 0 Å². The summed E-state index contributed by atoms with van der Waals surface area (Å²) in [5, 5.41) is 0. The first-order valence-electron chi connectivity index (χ1n) is 6.37. The zero-order chi connectivity index (χ0) is 13.0. The average molecular weight is 250 g/mol. The first kappa shape index (κ1) is 13.2. The molecule has 0 bridgehead atoms. The first-order valence-corrected chi connectivity index (χ1v) is 6.37. The van der Waals surface area contributed by atoms with Crippen LogP contribution < -0.4 is 5.73 Å². The summed E-state index contributed by atoms with van der Waals surface area (Å²) < 4.78 is 12.7. The van der Waals surface area contributed by atoms with Crippen molar-refractivity contribution in [2.45, 2.75) is 25.3 Å². The molecule has 2 rings (SSSR count). The molecule has 4 heteroatoms. The van der Waals surface area contributed by atoms with E-state index in [-0.39, 0.29) is 17.6 Å². The third-order valence-electron chi connectivity index (χ3n) is 3.35. The normalized spacial score (nSPS) is 17.9. The average Bonchev–Trinajstić information content (AvgIpc) is 2.35. The Bertz CT molecular complexity index is 397. The van der Waals surface area contributed by atoms with Gasteiger partial charge in [0, 0.05) is 25.6 Å². The summed E-state index contributed by atoms with van der Waals surface area (Å²) in [4.78, 5) is 14.0. The third kappa shape index (κ3) is 3.89. The van der Waals surface area contributed by atoms with E-state index in [1.807, 2.05) is 0 Å². The Kier molecular flexibility index (Phi) is 4.44. The predicted molar refractivity (Wildman–Crippen MR) is 68.8 cm³/mol. The fourth-order valence-electron chi connectivity index (χ4n) is 2.25. The van der Waals surface area contributed by atoms with Crippen LogP contribution in [0, 0.1) is 5.82 Å². The number of Topliss-reactive ketones (excluding diaryl/α,β-unsaturated/α-hetero) is 1. The number of ketones is 1. The van der Waals surface area contributed by atoms with Crippen molar-refractivity contribution in [2.24, 2.45) is 5.73 Å². The van der Waals surface area contributed by atoms with E-state index >= 15 is 0 Å². The molecule has 1 fully saturated rings. The Morgan fingerprint density at radius 1 is 1.28 bits per heavy atom. The van der Waals surface area contributed by atoms with Gasteiger partial charge in [-0.15, -0.1) is 0 Å². The van der Waals surface area contributed by atoms with Gasteiger partial charge in [-0.2, -0.15) is 0 Å². The number of likely N-dealkylation sites (tertiary alicyclic amines) is 1. The summed E-state index contributed by atoms with van der Waals surface area (Å²) in [7, 11) is 0. The Morgan fingerprint density at radius 3 is 2.50 bits per heavy atom. The molecule has 1 aromatic carbocycles. The second-order valence-electron chi connectivity index (χ2n) is 4.96. The van der Waals surface area contributed by atoms with Crippen LogP contribution in [0.1, 0.15) is 18.4 Å². The van der Waals surface area contributed by atoms with Gasteiger partial charge in [0.2, 0.25) is 0 Å². The van der Waals surface area contributed by atoms with Gasteiger partial charge in [-0.05, 0) is 30.5 Å². The van der Waals surface area contributed by atoms with Crippen LogP contribution in [-0.2, 0) is 11.2 Å². The molecule has 2 N–H and O–H groups in total. The van der Waals surface area contributed by atoms with Gasteiger partial charge in [0.25, 0.3) is 0 Å². The van der Waals surface area contributed by atoms with E-state index in [1.54, 1.807) is 12.1 Å². The SMILES string of the molecule is NC1CCN(CC(=O)Cc2ccc(F)cc2)CC1. The maximum absolute atomic E-state index is 12.7. The number of rotatable bonds is 4. The number of hydrogen-bond acceptors (Lipinski definition) is 3. The molecule has 0 radical (unpaired) electrons. The number of carbonyl (C=O) groups excluding carboxylic acids is 1.